The highest BCUT2D eigenvalue weighted by molar-refractivity contribution is 7.09. The Bertz CT molecular complexity index is 752. The van der Waals surface area contributed by atoms with Gasteiger partial charge < -0.3 is 9.80 Å². The zero-order valence-electron chi connectivity index (χ0n) is 14.0. The maximum absolute atomic E-state index is 13.3. The Labute approximate surface area is 146 Å². The Kier molecular flexibility index (Phi) is 5.12. The van der Waals surface area contributed by atoms with E-state index in [0.29, 0.717) is 11.5 Å². The molecule has 2 aromatic rings. The van der Waals surface area contributed by atoms with Gasteiger partial charge in [0.15, 0.2) is 0 Å². The van der Waals surface area contributed by atoms with Crippen molar-refractivity contribution in [3.63, 3.8) is 0 Å². The van der Waals surface area contributed by atoms with Gasteiger partial charge in [-0.25, -0.2) is 9.37 Å². The first-order valence-corrected chi connectivity index (χ1v) is 8.97. The maximum Gasteiger partial charge on any atom is 0.124 e. The first-order chi connectivity index (χ1) is 11.6. The van der Waals surface area contributed by atoms with E-state index >= 15 is 0 Å². The summed E-state index contributed by atoms with van der Waals surface area (Å²) in [6.07, 6.45) is 1.09. The lowest BCUT2D eigenvalue weighted by molar-refractivity contribution is 0.281. The van der Waals surface area contributed by atoms with Gasteiger partial charge in [-0.1, -0.05) is 0 Å². The third kappa shape index (κ3) is 3.74. The molecule has 3 rings (SSSR count). The molecule has 0 unspecified atom stereocenters. The number of rotatable bonds is 5. The summed E-state index contributed by atoms with van der Waals surface area (Å²) in [5.41, 5.74) is 4.28. The summed E-state index contributed by atoms with van der Waals surface area (Å²) in [6.45, 7) is 5.81. The molecule has 0 radical (unpaired) electrons. The third-order valence-corrected chi connectivity index (χ3v) is 5.45. The van der Waals surface area contributed by atoms with Gasteiger partial charge in [0, 0.05) is 31.1 Å². The number of hydrogen-bond donors (Lipinski definition) is 0. The molecular weight excluding hydrogens is 323 g/mol. The second-order valence-corrected chi connectivity index (χ2v) is 7.37. The molecule has 24 heavy (non-hydrogen) atoms. The summed E-state index contributed by atoms with van der Waals surface area (Å²) in [7, 11) is 2.14. The second kappa shape index (κ2) is 7.29. The largest absolute Gasteiger partial charge is 0.370 e. The van der Waals surface area contributed by atoms with Crippen LogP contribution in [0.3, 0.4) is 0 Å². The highest BCUT2D eigenvalue weighted by Gasteiger charge is 2.25. The van der Waals surface area contributed by atoms with Crippen LogP contribution in [0.25, 0.3) is 0 Å². The van der Waals surface area contributed by atoms with Crippen LogP contribution in [0.5, 0.6) is 0 Å². The van der Waals surface area contributed by atoms with Crippen molar-refractivity contribution in [2.24, 2.45) is 5.92 Å². The standard InChI is InChI=1S/C18H21FN4S/c1-13-18(24-12-21-13)11-22(2)9-14-5-6-23(10-14)17-4-3-16(19)7-15(17)8-20/h3-4,7,12,14H,5-6,9-11H2,1-2H3/t14-/m0/s1. The van der Waals surface area contributed by atoms with E-state index in [4.69, 9.17) is 0 Å². The number of aryl methyl sites for hydroxylation is 1. The Balaban J connectivity index is 1.60. The lowest BCUT2D eigenvalue weighted by Gasteiger charge is -2.22. The van der Waals surface area contributed by atoms with Gasteiger partial charge in [-0.2, -0.15) is 5.26 Å². The zero-order valence-corrected chi connectivity index (χ0v) is 14.8. The molecule has 0 aliphatic carbocycles. The minimum absolute atomic E-state index is 0.356. The van der Waals surface area contributed by atoms with Gasteiger partial charge in [-0.3, -0.25) is 0 Å². The molecule has 1 saturated heterocycles. The van der Waals surface area contributed by atoms with E-state index in [2.05, 4.69) is 34.8 Å². The van der Waals surface area contributed by atoms with Gasteiger partial charge in [-0.15, -0.1) is 11.3 Å². The van der Waals surface area contributed by atoms with Crippen molar-refractivity contribution in [3.8, 4) is 6.07 Å². The molecule has 1 fully saturated rings. The maximum atomic E-state index is 13.3. The monoisotopic (exact) mass is 344 g/mol. The predicted octanol–water partition coefficient (Wildman–Crippen LogP) is 3.42. The molecule has 0 saturated carbocycles. The smallest absolute Gasteiger partial charge is 0.124 e. The highest BCUT2D eigenvalue weighted by Crippen LogP contribution is 2.28. The van der Waals surface area contributed by atoms with Crippen LogP contribution in [0.4, 0.5) is 10.1 Å². The zero-order chi connectivity index (χ0) is 17.1. The molecule has 0 bridgehead atoms. The summed E-state index contributed by atoms with van der Waals surface area (Å²) in [4.78, 5) is 10.2. The highest BCUT2D eigenvalue weighted by atomic mass is 32.1. The molecule has 1 aromatic carbocycles. The van der Waals surface area contributed by atoms with Crippen molar-refractivity contribution in [2.75, 3.05) is 31.6 Å². The Morgan fingerprint density at radius 2 is 2.33 bits per heavy atom. The molecule has 126 valence electrons. The van der Waals surface area contributed by atoms with Gasteiger partial charge in [0.2, 0.25) is 0 Å². The van der Waals surface area contributed by atoms with Gasteiger partial charge in [0.05, 0.1) is 22.5 Å². The Hall–Kier alpha value is -1.97. The van der Waals surface area contributed by atoms with Gasteiger partial charge >= 0.3 is 0 Å². The molecule has 1 aliphatic rings. The summed E-state index contributed by atoms with van der Waals surface area (Å²) in [5, 5.41) is 9.23. The van der Waals surface area contributed by atoms with Crippen molar-refractivity contribution < 1.29 is 4.39 Å². The van der Waals surface area contributed by atoms with Gasteiger partial charge in [0.1, 0.15) is 11.9 Å². The van der Waals surface area contributed by atoms with Gasteiger partial charge in [0.25, 0.3) is 0 Å². The van der Waals surface area contributed by atoms with Crippen molar-refractivity contribution in [1.29, 1.82) is 5.26 Å². The van der Waals surface area contributed by atoms with Crippen LogP contribution in [0, 0.1) is 30.0 Å². The number of thiazole rings is 1. The lowest BCUT2D eigenvalue weighted by atomic mass is 10.1. The Morgan fingerprint density at radius 3 is 3.04 bits per heavy atom. The summed E-state index contributed by atoms with van der Waals surface area (Å²) in [6, 6.07) is 6.58. The molecule has 0 spiro atoms. The molecule has 0 amide bonds. The first kappa shape index (κ1) is 16.9. The van der Waals surface area contributed by atoms with E-state index in [1.165, 1.54) is 17.0 Å². The number of anilines is 1. The normalized spacial score (nSPS) is 17.5. The van der Waals surface area contributed by atoms with Crippen LogP contribution >= 0.6 is 11.3 Å². The van der Waals surface area contributed by atoms with E-state index in [0.717, 1.165) is 44.0 Å². The summed E-state index contributed by atoms with van der Waals surface area (Å²) >= 11 is 1.70. The molecule has 2 heterocycles. The minimum Gasteiger partial charge on any atom is -0.370 e. The summed E-state index contributed by atoms with van der Waals surface area (Å²) < 4.78 is 13.3. The van der Waals surface area contributed by atoms with E-state index in [9.17, 15) is 9.65 Å². The molecule has 0 N–H and O–H groups in total. The number of halogens is 1. The fourth-order valence-electron chi connectivity index (χ4n) is 3.30. The van der Waals surface area contributed by atoms with Crippen LogP contribution in [0.1, 0.15) is 22.6 Å². The van der Waals surface area contributed by atoms with E-state index in [1.807, 2.05) is 5.51 Å². The lowest BCUT2D eigenvalue weighted by Crippen LogP contribution is -2.28. The van der Waals surface area contributed by atoms with E-state index < -0.39 is 0 Å². The number of nitriles is 1. The van der Waals surface area contributed by atoms with Crippen LogP contribution in [-0.4, -0.2) is 36.6 Å². The Morgan fingerprint density at radius 1 is 1.50 bits per heavy atom. The van der Waals surface area contributed by atoms with E-state index in [1.54, 1.807) is 17.4 Å². The fraction of sp³-hybridized carbons (Fsp3) is 0.444. The predicted molar refractivity (Wildman–Crippen MR) is 94.6 cm³/mol. The van der Waals surface area contributed by atoms with Gasteiger partial charge in [-0.05, 0) is 44.5 Å². The number of aromatic nitrogens is 1. The average molecular weight is 344 g/mol. The molecule has 1 atom stereocenters. The molecule has 1 aliphatic heterocycles. The van der Waals surface area contributed by atoms with Crippen molar-refractivity contribution in [3.05, 3.63) is 45.7 Å². The van der Waals surface area contributed by atoms with E-state index in [-0.39, 0.29) is 5.82 Å². The molecule has 1 aromatic heterocycles. The minimum atomic E-state index is -0.356. The van der Waals surface area contributed by atoms with Crippen LogP contribution < -0.4 is 4.90 Å². The van der Waals surface area contributed by atoms with Crippen molar-refractivity contribution in [2.45, 2.75) is 19.9 Å². The van der Waals surface area contributed by atoms with Crippen molar-refractivity contribution in [1.82, 2.24) is 9.88 Å². The molecule has 4 nitrogen and oxygen atoms in total. The van der Waals surface area contributed by atoms with Crippen LogP contribution in [0.2, 0.25) is 0 Å². The average Bonchev–Trinajstić information content (AvgIpc) is 3.17. The second-order valence-electron chi connectivity index (χ2n) is 6.43. The number of benzene rings is 1. The third-order valence-electron chi connectivity index (χ3n) is 4.53. The quantitative estimate of drug-likeness (QED) is 0.833. The van der Waals surface area contributed by atoms with Crippen molar-refractivity contribution >= 4 is 17.0 Å². The SMILES string of the molecule is Cc1ncsc1CN(C)C[C@@H]1CCN(c2ccc(F)cc2C#N)C1. The fourth-order valence-corrected chi connectivity index (χ4v) is 4.16. The first-order valence-electron chi connectivity index (χ1n) is 8.09. The number of nitrogens with zero attached hydrogens (tertiary/aromatic N) is 4. The van der Waals surface area contributed by atoms with Crippen LogP contribution in [0.15, 0.2) is 23.7 Å². The topological polar surface area (TPSA) is 43.2 Å². The summed E-state index contributed by atoms with van der Waals surface area (Å²) in [5.74, 6) is 0.200. The number of hydrogen-bond acceptors (Lipinski definition) is 5. The molecule has 6 heteroatoms. The molecular formula is C18H21FN4S. The van der Waals surface area contributed by atoms with Crippen LogP contribution in [-0.2, 0) is 6.54 Å².